The van der Waals surface area contributed by atoms with Crippen LogP contribution in [-0.4, -0.2) is 48.9 Å². The molecule has 2 unspecified atom stereocenters. The first-order valence-corrected chi connectivity index (χ1v) is 12.5. The number of nitrogens with zero attached hydrogens (tertiary/aromatic N) is 2. The summed E-state index contributed by atoms with van der Waals surface area (Å²) < 4.78 is 28.0. The lowest BCUT2D eigenvalue weighted by molar-refractivity contribution is -0.136. The lowest BCUT2D eigenvalue weighted by Crippen LogP contribution is -2.31. The standard InChI is InChI=1S/C19H21N3O4S3/c1-2-22(29(25,26)17-7-4-8-27-17)15-6-3-5-12-9-14(21-18(12)15)19-20-11-13(28-19)10-16(23)24/h3-8,13-14,21H,2,9-11H2,1H3,(H,23,24). The maximum absolute atomic E-state index is 13.1. The van der Waals surface area contributed by atoms with E-state index in [-0.39, 0.29) is 17.7 Å². The molecule has 1 aromatic heterocycles. The van der Waals surface area contributed by atoms with Gasteiger partial charge in [-0.15, -0.1) is 23.1 Å². The van der Waals surface area contributed by atoms with Crippen molar-refractivity contribution in [3.63, 3.8) is 0 Å². The summed E-state index contributed by atoms with van der Waals surface area (Å²) in [5.41, 5.74) is 2.48. The maximum Gasteiger partial charge on any atom is 0.304 e. The molecule has 0 radical (unpaired) electrons. The Bertz CT molecular complexity index is 1050. The predicted octanol–water partition coefficient (Wildman–Crippen LogP) is 3.29. The molecule has 0 amide bonds. The van der Waals surface area contributed by atoms with E-state index in [1.165, 1.54) is 27.4 Å². The number of fused-ring (bicyclic) bond motifs is 1. The third-order valence-corrected chi connectivity index (χ3v) is 9.47. The quantitative estimate of drug-likeness (QED) is 0.670. The molecule has 0 saturated carbocycles. The Morgan fingerprint density at radius 1 is 1.34 bits per heavy atom. The second-order valence-electron chi connectivity index (χ2n) is 6.83. The van der Waals surface area contributed by atoms with Crippen molar-refractivity contribution in [1.82, 2.24) is 0 Å². The molecule has 0 bridgehead atoms. The van der Waals surface area contributed by atoms with Crippen LogP contribution in [0.5, 0.6) is 0 Å². The molecule has 2 atom stereocenters. The Morgan fingerprint density at radius 3 is 2.86 bits per heavy atom. The molecule has 7 nitrogen and oxygen atoms in total. The first-order chi connectivity index (χ1) is 13.9. The number of thioether (sulfide) groups is 1. The molecule has 29 heavy (non-hydrogen) atoms. The highest BCUT2D eigenvalue weighted by atomic mass is 32.2. The van der Waals surface area contributed by atoms with E-state index in [1.54, 1.807) is 17.5 Å². The number of carbonyl (C=O) groups is 1. The number of benzene rings is 1. The van der Waals surface area contributed by atoms with Gasteiger partial charge in [-0.25, -0.2) is 8.42 Å². The minimum Gasteiger partial charge on any atom is -0.481 e. The zero-order valence-electron chi connectivity index (χ0n) is 15.7. The van der Waals surface area contributed by atoms with Crippen LogP contribution in [0.15, 0.2) is 44.9 Å². The molecule has 154 valence electrons. The summed E-state index contributed by atoms with van der Waals surface area (Å²) in [5, 5.41) is 15.1. The Morgan fingerprint density at radius 2 is 2.17 bits per heavy atom. The van der Waals surface area contributed by atoms with Crippen molar-refractivity contribution in [3.05, 3.63) is 41.3 Å². The lowest BCUT2D eigenvalue weighted by atomic mass is 10.1. The first-order valence-electron chi connectivity index (χ1n) is 9.27. The van der Waals surface area contributed by atoms with Gasteiger partial charge in [0.1, 0.15) is 4.21 Å². The predicted molar refractivity (Wildman–Crippen MR) is 118 cm³/mol. The average molecular weight is 452 g/mol. The van der Waals surface area contributed by atoms with Gasteiger partial charge in [-0.05, 0) is 30.0 Å². The number of carboxylic acids is 1. The van der Waals surface area contributed by atoms with E-state index >= 15 is 0 Å². The zero-order valence-corrected chi connectivity index (χ0v) is 18.2. The molecule has 4 rings (SSSR count). The fourth-order valence-corrected chi connectivity index (χ4v) is 7.41. The van der Waals surface area contributed by atoms with Gasteiger partial charge in [0.15, 0.2) is 0 Å². The van der Waals surface area contributed by atoms with Crippen molar-refractivity contribution < 1.29 is 18.3 Å². The van der Waals surface area contributed by atoms with Crippen LogP contribution >= 0.6 is 23.1 Å². The van der Waals surface area contributed by atoms with Crippen molar-refractivity contribution in [3.8, 4) is 0 Å². The van der Waals surface area contributed by atoms with E-state index < -0.39 is 16.0 Å². The third kappa shape index (κ3) is 3.88. The number of hydrogen-bond acceptors (Lipinski definition) is 7. The number of hydrogen-bond donors (Lipinski definition) is 2. The monoisotopic (exact) mass is 451 g/mol. The van der Waals surface area contributed by atoms with Gasteiger partial charge in [-0.3, -0.25) is 14.1 Å². The number of rotatable bonds is 7. The molecule has 2 N–H and O–H groups in total. The second-order valence-corrected chi connectivity index (χ2v) is 11.2. The summed E-state index contributed by atoms with van der Waals surface area (Å²) in [7, 11) is -3.63. The minimum absolute atomic E-state index is 0.0428. The van der Waals surface area contributed by atoms with E-state index in [2.05, 4.69) is 10.3 Å². The smallest absolute Gasteiger partial charge is 0.304 e. The topological polar surface area (TPSA) is 99.1 Å². The van der Waals surface area contributed by atoms with Gasteiger partial charge in [0.05, 0.1) is 35.4 Å². The molecule has 2 aliphatic rings. The van der Waals surface area contributed by atoms with Gasteiger partial charge in [-0.2, -0.15) is 0 Å². The van der Waals surface area contributed by atoms with Gasteiger partial charge >= 0.3 is 5.97 Å². The molecule has 10 heteroatoms. The number of anilines is 2. The molecule has 0 saturated heterocycles. The van der Waals surface area contributed by atoms with Gasteiger partial charge in [0.2, 0.25) is 0 Å². The van der Waals surface area contributed by atoms with E-state index in [0.29, 0.717) is 29.4 Å². The zero-order chi connectivity index (χ0) is 20.6. The number of aliphatic imine (C=N–C) groups is 1. The van der Waals surface area contributed by atoms with Crippen LogP contribution in [0.1, 0.15) is 18.9 Å². The van der Waals surface area contributed by atoms with Gasteiger partial charge in [-0.1, -0.05) is 18.2 Å². The molecule has 3 heterocycles. The molecule has 2 aliphatic heterocycles. The summed E-state index contributed by atoms with van der Waals surface area (Å²) in [6, 6.07) is 8.98. The van der Waals surface area contributed by atoms with E-state index in [9.17, 15) is 13.2 Å². The van der Waals surface area contributed by atoms with E-state index in [4.69, 9.17) is 5.11 Å². The number of para-hydroxylation sites is 1. The molecule has 2 aromatic rings. The summed E-state index contributed by atoms with van der Waals surface area (Å²) in [5.74, 6) is -0.818. The van der Waals surface area contributed by atoms with E-state index in [1.807, 2.05) is 25.1 Å². The van der Waals surface area contributed by atoms with Gasteiger partial charge < -0.3 is 10.4 Å². The SMILES string of the molecule is CCN(c1cccc2c1NC(C1=NCC(CC(=O)O)S1)C2)S(=O)(=O)c1cccs1. The fourth-order valence-electron chi connectivity index (χ4n) is 3.64. The number of sulfonamides is 1. The summed E-state index contributed by atoms with van der Waals surface area (Å²) in [6.07, 6.45) is 0.788. The normalized spacial score (nSPS) is 20.8. The maximum atomic E-state index is 13.1. The van der Waals surface area contributed by atoms with Crippen LogP contribution in [0.4, 0.5) is 11.4 Å². The van der Waals surface area contributed by atoms with Gasteiger partial charge in [0.25, 0.3) is 10.0 Å². The van der Waals surface area contributed by atoms with Crippen LogP contribution in [0, 0.1) is 0 Å². The first kappa shape index (κ1) is 20.2. The summed E-state index contributed by atoms with van der Waals surface area (Å²) in [6.45, 7) is 2.64. The van der Waals surface area contributed by atoms with Crippen LogP contribution in [0.3, 0.4) is 0 Å². The number of carboxylic acid groups (broad SMARTS) is 1. The van der Waals surface area contributed by atoms with Crippen molar-refractivity contribution >= 4 is 55.5 Å². The molecule has 0 aliphatic carbocycles. The number of thiophene rings is 1. The summed E-state index contributed by atoms with van der Waals surface area (Å²) >= 11 is 2.71. The highest BCUT2D eigenvalue weighted by Crippen LogP contribution is 2.40. The van der Waals surface area contributed by atoms with Gasteiger partial charge in [0, 0.05) is 18.2 Å². The van der Waals surface area contributed by atoms with Crippen molar-refractivity contribution in [2.75, 3.05) is 22.7 Å². The highest BCUT2D eigenvalue weighted by molar-refractivity contribution is 8.15. The van der Waals surface area contributed by atoms with Crippen LogP contribution in [0.2, 0.25) is 0 Å². The minimum atomic E-state index is -3.63. The average Bonchev–Trinajstić information content (AvgIpc) is 3.42. The third-order valence-electron chi connectivity index (χ3n) is 4.91. The number of nitrogens with one attached hydrogen (secondary N) is 1. The summed E-state index contributed by atoms with van der Waals surface area (Å²) in [4.78, 5) is 15.5. The number of aliphatic carboxylic acids is 1. The Hall–Kier alpha value is -2.04. The van der Waals surface area contributed by atoms with Crippen molar-refractivity contribution in [2.45, 2.75) is 35.3 Å². The van der Waals surface area contributed by atoms with Crippen molar-refractivity contribution in [2.24, 2.45) is 4.99 Å². The Kier molecular flexibility index (Phi) is 5.58. The Labute approximate surface area is 177 Å². The van der Waals surface area contributed by atoms with E-state index in [0.717, 1.165) is 16.3 Å². The highest BCUT2D eigenvalue weighted by Gasteiger charge is 2.35. The van der Waals surface area contributed by atoms with Crippen molar-refractivity contribution in [1.29, 1.82) is 0 Å². The van der Waals surface area contributed by atoms with Crippen LogP contribution < -0.4 is 9.62 Å². The molecular formula is C19H21N3O4S3. The van der Waals surface area contributed by atoms with Crippen LogP contribution in [0.25, 0.3) is 0 Å². The largest absolute Gasteiger partial charge is 0.481 e. The lowest BCUT2D eigenvalue weighted by Gasteiger charge is -2.25. The Balaban J connectivity index is 1.59. The second kappa shape index (κ2) is 8.00. The molecule has 1 aromatic carbocycles. The van der Waals surface area contributed by atoms with Crippen LogP contribution in [-0.2, 0) is 21.2 Å². The molecule has 0 fully saturated rings. The fraction of sp³-hybridized carbons (Fsp3) is 0.368. The molecule has 0 spiro atoms. The molecular weight excluding hydrogens is 430 g/mol.